The highest BCUT2D eigenvalue weighted by atomic mass is 16.5. The number of carbonyl (C=O) groups excluding carboxylic acids is 1. The number of aliphatic hydroxyl groups is 1. The van der Waals surface area contributed by atoms with Crippen LogP contribution in [0.1, 0.15) is 63.3 Å². The fraction of sp³-hybridized carbons (Fsp3) is 0.464. The van der Waals surface area contributed by atoms with Crippen molar-refractivity contribution >= 4 is 12.0 Å². The number of hydrogen-bond acceptors (Lipinski definition) is 3. The Morgan fingerprint density at radius 1 is 0.871 bits per heavy atom. The third-order valence-electron chi connectivity index (χ3n) is 4.61. The van der Waals surface area contributed by atoms with Crippen LogP contribution in [-0.4, -0.2) is 24.3 Å². The molecule has 2 aromatic rings. The quantitative estimate of drug-likeness (QED) is 0.361. The average Bonchev–Trinajstić information content (AvgIpc) is 2.73. The van der Waals surface area contributed by atoms with Gasteiger partial charge in [0.15, 0.2) is 0 Å². The molecule has 3 heteroatoms. The Hall–Kier alpha value is -2.39. The summed E-state index contributed by atoms with van der Waals surface area (Å²) in [6, 6.07) is 17.0. The van der Waals surface area contributed by atoms with Crippen LogP contribution in [0.5, 0.6) is 0 Å². The van der Waals surface area contributed by atoms with E-state index in [2.05, 4.69) is 64.1 Å². The number of hydrogen-bond donors (Lipinski definition) is 1. The number of carbonyl (C=O) groups is 1. The van der Waals surface area contributed by atoms with Crippen molar-refractivity contribution in [1.29, 1.82) is 0 Å². The van der Waals surface area contributed by atoms with E-state index >= 15 is 0 Å². The molecule has 0 aliphatic carbocycles. The molecule has 0 spiro atoms. The molecule has 0 bridgehead atoms. The van der Waals surface area contributed by atoms with Crippen LogP contribution in [0.15, 0.2) is 54.6 Å². The van der Waals surface area contributed by atoms with Gasteiger partial charge < -0.3 is 9.84 Å². The first kappa shape index (κ1) is 26.6. The van der Waals surface area contributed by atoms with Crippen molar-refractivity contribution in [2.75, 3.05) is 13.2 Å². The zero-order chi connectivity index (χ0) is 23.1. The molecular weight excluding hydrogens is 384 g/mol. The van der Waals surface area contributed by atoms with Crippen molar-refractivity contribution in [1.82, 2.24) is 0 Å². The van der Waals surface area contributed by atoms with Crippen molar-refractivity contribution in [3.8, 4) is 0 Å². The molecule has 0 saturated carbocycles. The molecule has 0 atom stereocenters. The van der Waals surface area contributed by atoms with E-state index in [4.69, 9.17) is 9.84 Å². The maximum atomic E-state index is 11.1. The van der Waals surface area contributed by atoms with E-state index in [1.165, 1.54) is 22.8 Å². The van der Waals surface area contributed by atoms with Crippen molar-refractivity contribution in [3.05, 3.63) is 76.9 Å². The van der Waals surface area contributed by atoms with Gasteiger partial charge in [-0.2, -0.15) is 0 Å². The highest BCUT2D eigenvalue weighted by molar-refractivity contribution is 5.87. The number of aryl methyl sites for hydroxylation is 1. The van der Waals surface area contributed by atoms with E-state index in [9.17, 15) is 4.79 Å². The van der Waals surface area contributed by atoms with E-state index in [1.807, 2.05) is 12.1 Å². The Morgan fingerprint density at radius 2 is 1.35 bits per heavy atom. The van der Waals surface area contributed by atoms with E-state index < -0.39 is 0 Å². The molecule has 3 nitrogen and oxygen atoms in total. The molecule has 0 aliphatic heterocycles. The average molecular weight is 425 g/mol. The van der Waals surface area contributed by atoms with Crippen molar-refractivity contribution in [2.45, 2.75) is 60.3 Å². The van der Waals surface area contributed by atoms with Gasteiger partial charge in [-0.05, 0) is 72.8 Å². The van der Waals surface area contributed by atoms with Crippen LogP contribution < -0.4 is 0 Å². The summed E-state index contributed by atoms with van der Waals surface area (Å²) in [5.41, 5.74) is 5.08. The Morgan fingerprint density at radius 3 is 1.81 bits per heavy atom. The standard InChI is InChI=1S/C15H20O2.C13H20O/c1-4-17-15(16)10-9-13-5-7-14(8-6-13)11-12(2)3;1-11(2)10-13-7-5-12(6-8-13)4-3-9-14/h5-10,12H,4,11H2,1-3H3;5-8,11,14H,3-4,9-10H2,1-2H3/b10-9+;. The monoisotopic (exact) mass is 424 g/mol. The van der Waals surface area contributed by atoms with Gasteiger partial charge in [-0.1, -0.05) is 76.2 Å². The van der Waals surface area contributed by atoms with Gasteiger partial charge >= 0.3 is 5.97 Å². The molecule has 0 aromatic heterocycles. The fourth-order valence-electron chi connectivity index (χ4n) is 3.19. The lowest BCUT2D eigenvalue weighted by Crippen LogP contribution is -1.98. The summed E-state index contributed by atoms with van der Waals surface area (Å²) >= 11 is 0. The number of aliphatic hydroxyl groups excluding tert-OH is 1. The smallest absolute Gasteiger partial charge is 0.330 e. The topological polar surface area (TPSA) is 46.5 Å². The van der Waals surface area contributed by atoms with Gasteiger partial charge in [0.25, 0.3) is 0 Å². The number of ether oxygens (including phenoxy) is 1. The maximum Gasteiger partial charge on any atom is 0.330 e. The van der Waals surface area contributed by atoms with E-state index in [-0.39, 0.29) is 12.6 Å². The van der Waals surface area contributed by atoms with E-state index in [0.717, 1.165) is 37.2 Å². The van der Waals surface area contributed by atoms with Crippen LogP contribution in [0, 0.1) is 11.8 Å². The first-order valence-corrected chi connectivity index (χ1v) is 11.5. The molecule has 1 N–H and O–H groups in total. The van der Waals surface area contributed by atoms with Crippen LogP contribution in [-0.2, 0) is 28.8 Å². The molecule has 31 heavy (non-hydrogen) atoms. The van der Waals surface area contributed by atoms with Crippen molar-refractivity contribution in [3.63, 3.8) is 0 Å². The second kappa shape index (κ2) is 15.4. The van der Waals surface area contributed by atoms with Crippen LogP contribution >= 0.6 is 0 Å². The molecule has 0 saturated heterocycles. The molecule has 0 amide bonds. The number of rotatable bonds is 10. The lowest BCUT2D eigenvalue weighted by atomic mass is 10.0. The zero-order valence-corrected chi connectivity index (χ0v) is 19.9. The van der Waals surface area contributed by atoms with Crippen molar-refractivity contribution < 1.29 is 14.6 Å². The van der Waals surface area contributed by atoms with Gasteiger partial charge in [0, 0.05) is 12.7 Å². The second-order valence-corrected chi connectivity index (χ2v) is 8.67. The first-order valence-electron chi connectivity index (χ1n) is 11.5. The highest BCUT2D eigenvalue weighted by Gasteiger charge is 1.99. The summed E-state index contributed by atoms with van der Waals surface area (Å²) < 4.78 is 4.81. The molecule has 2 aromatic carbocycles. The predicted molar refractivity (Wildman–Crippen MR) is 131 cm³/mol. The zero-order valence-electron chi connectivity index (χ0n) is 19.9. The van der Waals surface area contributed by atoms with Gasteiger partial charge in [-0.15, -0.1) is 0 Å². The van der Waals surface area contributed by atoms with Gasteiger partial charge in [0.2, 0.25) is 0 Å². The lowest BCUT2D eigenvalue weighted by Gasteiger charge is -2.06. The largest absolute Gasteiger partial charge is 0.463 e. The summed E-state index contributed by atoms with van der Waals surface area (Å²) in [7, 11) is 0. The normalized spacial score (nSPS) is 11.0. The number of benzene rings is 2. The Balaban J connectivity index is 0.000000316. The SMILES string of the molecule is CC(C)Cc1ccc(CCCO)cc1.CCOC(=O)/C=C/c1ccc(CC(C)C)cc1. The molecule has 0 aliphatic rings. The van der Waals surface area contributed by atoms with Crippen LogP contribution in [0.4, 0.5) is 0 Å². The minimum atomic E-state index is -0.293. The summed E-state index contributed by atoms with van der Waals surface area (Å²) in [5.74, 6) is 1.09. The Labute approximate surface area is 189 Å². The molecule has 0 heterocycles. The predicted octanol–water partition coefficient (Wildman–Crippen LogP) is 6.27. The maximum absolute atomic E-state index is 11.1. The Kier molecular flexibility index (Phi) is 13.3. The molecule has 0 radical (unpaired) electrons. The van der Waals surface area contributed by atoms with Gasteiger partial charge in [-0.25, -0.2) is 4.79 Å². The summed E-state index contributed by atoms with van der Waals surface area (Å²) in [5, 5.41) is 8.70. The summed E-state index contributed by atoms with van der Waals surface area (Å²) in [6.07, 6.45) is 7.32. The second-order valence-electron chi connectivity index (χ2n) is 8.67. The molecule has 170 valence electrons. The first-order chi connectivity index (χ1) is 14.8. The van der Waals surface area contributed by atoms with Gasteiger partial charge in [0.05, 0.1) is 6.61 Å². The Bertz CT molecular complexity index is 756. The molecule has 0 fully saturated rings. The molecular formula is C28H40O3. The van der Waals surface area contributed by atoms with E-state index in [1.54, 1.807) is 13.0 Å². The van der Waals surface area contributed by atoms with Crippen LogP contribution in [0.3, 0.4) is 0 Å². The van der Waals surface area contributed by atoms with Crippen LogP contribution in [0.25, 0.3) is 6.08 Å². The third-order valence-corrected chi connectivity index (χ3v) is 4.61. The van der Waals surface area contributed by atoms with Crippen molar-refractivity contribution in [2.24, 2.45) is 11.8 Å². The van der Waals surface area contributed by atoms with Gasteiger partial charge in [-0.3, -0.25) is 0 Å². The summed E-state index contributed by atoms with van der Waals surface area (Å²) in [6.45, 7) is 11.4. The minimum Gasteiger partial charge on any atom is -0.463 e. The lowest BCUT2D eigenvalue weighted by molar-refractivity contribution is -0.137. The third kappa shape index (κ3) is 12.8. The van der Waals surface area contributed by atoms with Crippen LogP contribution in [0.2, 0.25) is 0 Å². The molecule has 2 rings (SSSR count). The fourth-order valence-corrected chi connectivity index (χ4v) is 3.19. The number of esters is 1. The minimum absolute atomic E-state index is 0.285. The highest BCUT2D eigenvalue weighted by Crippen LogP contribution is 2.12. The summed E-state index contributed by atoms with van der Waals surface area (Å²) in [4.78, 5) is 11.1. The molecule has 0 unspecified atom stereocenters. The van der Waals surface area contributed by atoms with Gasteiger partial charge in [0.1, 0.15) is 0 Å². The van der Waals surface area contributed by atoms with E-state index in [0.29, 0.717) is 12.5 Å².